The molecule has 0 aliphatic rings. The summed E-state index contributed by atoms with van der Waals surface area (Å²) in [5.74, 6) is 1.57. The van der Waals surface area contributed by atoms with Crippen molar-refractivity contribution in [3.8, 4) is 5.75 Å². The Hall–Kier alpha value is -2.84. The van der Waals surface area contributed by atoms with E-state index in [2.05, 4.69) is 106 Å². The normalized spacial score (nSPS) is 12.2. The minimum atomic E-state index is 0.664. The monoisotopic (exact) mass is 426 g/mol. The van der Waals surface area contributed by atoms with Gasteiger partial charge < -0.3 is 9.64 Å². The predicted octanol–water partition coefficient (Wildman–Crippen LogP) is 6.99. The Bertz CT molecular complexity index is 983. The first-order valence-electron chi connectivity index (χ1n) is 11.6. The highest BCUT2D eigenvalue weighted by atomic mass is 16.5. The lowest BCUT2D eigenvalue weighted by Crippen LogP contribution is -2.19. The molecule has 0 aliphatic heterocycles. The van der Waals surface area contributed by atoms with Gasteiger partial charge in [-0.3, -0.25) is 0 Å². The van der Waals surface area contributed by atoms with Gasteiger partial charge in [0.25, 0.3) is 0 Å². The Morgan fingerprint density at radius 3 is 2.00 bits per heavy atom. The second-order valence-electron chi connectivity index (χ2n) is 8.97. The Balaban J connectivity index is 1.99. The number of benzene rings is 3. The summed E-state index contributed by atoms with van der Waals surface area (Å²) in [4.78, 5) is 2.13. The van der Waals surface area contributed by atoms with Gasteiger partial charge in [0.05, 0.1) is 0 Å². The Morgan fingerprint density at radius 2 is 1.44 bits per heavy atom. The van der Waals surface area contributed by atoms with Gasteiger partial charge in [0.1, 0.15) is 12.4 Å². The molecule has 3 aromatic carbocycles. The van der Waals surface area contributed by atoms with E-state index in [1.807, 2.05) is 12.1 Å². The average Bonchev–Trinajstić information content (AvgIpc) is 2.79. The summed E-state index contributed by atoms with van der Waals surface area (Å²) < 4.78 is 5.91. The van der Waals surface area contributed by atoms with Gasteiger partial charge >= 0.3 is 0 Å². The maximum Gasteiger partial charge on any atom is 0.119 e. The predicted molar refractivity (Wildman–Crippen MR) is 137 cm³/mol. The molecular weight excluding hydrogens is 390 g/mol. The maximum atomic E-state index is 5.91. The lowest BCUT2D eigenvalue weighted by molar-refractivity contribution is 0.261. The molecule has 0 heterocycles. The Morgan fingerprint density at radius 1 is 0.844 bits per heavy atom. The summed E-state index contributed by atoms with van der Waals surface area (Å²) in [7, 11) is 4.12. The van der Waals surface area contributed by atoms with E-state index in [-0.39, 0.29) is 0 Å². The number of hydrogen-bond donors (Lipinski definition) is 0. The molecule has 3 rings (SSSR count). The number of nitrogens with zero attached hydrogens (tertiary/aromatic N) is 1. The molecule has 0 amide bonds. The molecule has 0 aliphatic carbocycles. The van der Waals surface area contributed by atoms with Crippen molar-refractivity contribution in [1.82, 2.24) is 4.90 Å². The van der Waals surface area contributed by atoms with E-state index >= 15 is 0 Å². The van der Waals surface area contributed by atoms with Crippen LogP contribution < -0.4 is 4.74 Å². The summed E-state index contributed by atoms with van der Waals surface area (Å²) in [6, 6.07) is 29.1. The van der Waals surface area contributed by atoms with Crippen molar-refractivity contribution in [1.29, 1.82) is 0 Å². The van der Waals surface area contributed by atoms with Crippen LogP contribution in [-0.4, -0.2) is 32.1 Å². The topological polar surface area (TPSA) is 12.5 Å². The third-order valence-corrected chi connectivity index (χ3v) is 5.56. The first-order chi connectivity index (χ1) is 15.5. The first kappa shape index (κ1) is 23.8. The van der Waals surface area contributed by atoms with E-state index in [9.17, 15) is 0 Å². The third kappa shape index (κ3) is 6.58. The van der Waals surface area contributed by atoms with Gasteiger partial charge in [0.2, 0.25) is 0 Å². The molecule has 2 nitrogen and oxygen atoms in total. The van der Waals surface area contributed by atoms with Crippen molar-refractivity contribution in [3.63, 3.8) is 0 Å². The molecule has 0 saturated heterocycles. The number of allylic oxidation sites excluding steroid dienone is 1. The van der Waals surface area contributed by atoms with Crippen LogP contribution in [0.25, 0.3) is 11.1 Å². The summed E-state index contributed by atoms with van der Waals surface area (Å²) in [6.07, 6.45) is 2.07. The van der Waals surface area contributed by atoms with Crippen LogP contribution in [-0.2, 0) is 6.42 Å². The maximum absolute atomic E-state index is 5.91. The van der Waals surface area contributed by atoms with E-state index in [1.54, 1.807) is 0 Å². The molecule has 0 fully saturated rings. The molecule has 32 heavy (non-hydrogen) atoms. The molecular formula is C30H36NO. The van der Waals surface area contributed by atoms with E-state index in [4.69, 9.17) is 4.74 Å². The van der Waals surface area contributed by atoms with E-state index < -0.39 is 0 Å². The quantitative estimate of drug-likeness (QED) is 0.324. The van der Waals surface area contributed by atoms with Crippen LogP contribution in [0.4, 0.5) is 0 Å². The van der Waals surface area contributed by atoms with Crippen LogP contribution >= 0.6 is 0 Å². The second kappa shape index (κ2) is 11.7. The smallest absolute Gasteiger partial charge is 0.119 e. The highest BCUT2D eigenvalue weighted by Crippen LogP contribution is 2.35. The van der Waals surface area contributed by atoms with Crippen molar-refractivity contribution in [3.05, 3.63) is 101 Å². The minimum Gasteiger partial charge on any atom is -0.492 e. The molecule has 0 aromatic heterocycles. The van der Waals surface area contributed by atoms with Gasteiger partial charge in [-0.05, 0) is 84.5 Å². The standard InChI is InChI=1S/C30H36NO/c1-6-29(25-14-12-24(13-15-25)22-23(2)3)30(26-10-8-7-9-11-26)27-16-18-28(19-17-27)32-21-20-31(4)5/h8-19,23H,6,20-22H2,1-5H3/b30-29+. The van der Waals surface area contributed by atoms with Crippen LogP contribution in [0.3, 0.4) is 0 Å². The van der Waals surface area contributed by atoms with Gasteiger partial charge in [0.15, 0.2) is 0 Å². The van der Waals surface area contributed by atoms with Crippen LogP contribution in [0.15, 0.2) is 72.8 Å². The minimum absolute atomic E-state index is 0.664. The van der Waals surface area contributed by atoms with Gasteiger partial charge in [-0.1, -0.05) is 81.4 Å². The molecule has 1 radical (unpaired) electrons. The zero-order chi connectivity index (χ0) is 22.9. The lowest BCUT2D eigenvalue weighted by Gasteiger charge is -2.17. The zero-order valence-corrected chi connectivity index (χ0v) is 20.2. The highest BCUT2D eigenvalue weighted by molar-refractivity contribution is 5.98. The van der Waals surface area contributed by atoms with E-state index in [0.29, 0.717) is 12.5 Å². The molecule has 0 spiro atoms. The number of rotatable bonds is 10. The highest BCUT2D eigenvalue weighted by Gasteiger charge is 2.13. The molecule has 3 aromatic rings. The Kier molecular flexibility index (Phi) is 8.70. The number of hydrogen-bond acceptors (Lipinski definition) is 2. The Labute approximate surface area is 194 Å². The van der Waals surface area contributed by atoms with E-state index in [1.165, 1.54) is 33.4 Å². The molecule has 2 heteroatoms. The number of likely N-dealkylation sites (N-methyl/N-ethyl adjacent to an activating group) is 1. The van der Waals surface area contributed by atoms with Gasteiger partial charge in [-0.15, -0.1) is 0 Å². The van der Waals surface area contributed by atoms with Gasteiger partial charge in [0, 0.05) is 6.54 Å². The summed E-state index contributed by atoms with van der Waals surface area (Å²) in [5.41, 5.74) is 7.74. The summed E-state index contributed by atoms with van der Waals surface area (Å²) in [6.45, 7) is 8.37. The van der Waals surface area contributed by atoms with Crippen LogP contribution in [0.5, 0.6) is 5.75 Å². The number of ether oxygens (including phenoxy) is 1. The summed E-state index contributed by atoms with van der Waals surface area (Å²) in [5, 5.41) is 0. The van der Waals surface area contributed by atoms with Crippen molar-refractivity contribution < 1.29 is 4.74 Å². The van der Waals surface area contributed by atoms with Crippen molar-refractivity contribution in [2.24, 2.45) is 5.92 Å². The molecule has 167 valence electrons. The fourth-order valence-electron chi connectivity index (χ4n) is 3.97. The van der Waals surface area contributed by atoms with Crippen molar-refractivity contribution >= 4 is 11.1 Å². The fraction of sp³-hybridized carbons (Fsp3) is 0.333. The molecule has 0 unspecified atom stereocenters. The molecule has 0 N–H and O–H groups in total. The van der Waals surface area contributed by atoms with Crippen LogP contribution in [0.1, 0.15) is 49.4 Å². The van der Waals surface area contributed by atoms with E-state index in [0.717, 1.165) is 25.1 Å². The van der Waals surface area contributed by atoms with Crippen molar-refractivity contribution in [2.75, 3.05) is 27.2 Å². The zero-order valence-electron chi connectivity index (χ0n) is 20.2. The van der Waals surface area contributed by atoms with Crippen molar-refractivity contribution in [2.45, 2.75) is 33.6 Å². The molecule has 0 bridgehead atoms. The molecule has 0 saturated carbocycles. The third-order valence-electron chi connectivity index (χ3n) is 5.56. The average molecular weight is 427 g/mol. The largest absolute Gasteiger partial charge is 0.492 e. The van der Waals surface area contributed by atoms with Gasteiger partial charge in [-0.25, -0.2) is 0 Å². The fourth-order valence-corrected chi connectivity index (χ4v) is 3.97. The SMILES string of the molecule is CC/C(=C(/c1cc[c]cc1)c1ccc(OCCN(C)C)cc1)c1ccc(CC(C)C)cc1. The molecule has 0 atom stereocenters. The van der Waals surface area contributed by atoms with Crippen LogP contribution in [0, 0.1) is 12.0 Å². The second-order valence-corrected chi connectivity index (χ2v) is 8.97. The summed E-state index contributed by atoms with van der Waals surface area (Å²) >= 11 is 0. The van der Waals surface area contributed by atoms with Gasteiger partial charge in [-0.2, -0.15) is 0 Å². The van der Waals surface area contributed by atoms with Crippen LogP contribution in [0.2, 0.25) is 0 Å². The lowest BCUT2D eigenvalue weighted by atomic mass is 9.87. The first-order valence-corrected chi connectivity index (χ1v) is 11.6.